The molecule has 0 aliphatic rings. The van der Waals surface area contributed by atoms with Gasteiger partial charge in [-0.05, 0) is 23.6 Å². The van der Waals surface area contributed by atoms with E-state index in [0.717, 1.165) is 23.2 Å². The highest BCUT2D eigenvalue weighted by molar-refractivity contribution is 5.49. The molecule has 0 fully saturated rings. The van der Waals surface area contributed by atoms with E-state index in [0.29, 0.717) is 0 Å². The Morgan fingerprint density at radius 3 is 2.57 bits per heavy atom. The van der Waals surface area contributed by atoms with Crippen LogP contribution in [0.1, 0.15) is 5.56 Å². The van der Waals surface area contributed by atoms with Crippen LogP contribution in [-0.4, -0.2) is 0 Å². The molecule has 0 heterocycles. The van der Waals surface area contributed by atoms with Crippen molar-refractivity contribution in [2.75, 3.05) is 5.73 Å². The van der Waals surface area contributed by atoms with Crippen LogP contribution in [0.5, 0.6) is 0 Å². The fourth-order valence-electron chi connectivity index (χ4n) is 1.27. The minimum Gasteiger partial charge on any atom is -0.398 e. The van der Waals surface area contributed by atoms with Gasteiger partial charge in [0.1, 0.15) is 0 Å². The molecule has 72 valence electrons. The maximum atomic E-state index is 5.83. The van der Waals surface area contributed by atoms with Gasteiger partial charge in [-0.3, -0.25) is 0 Å². The second kappa shape index (κ2) is 5.07. The zero-order valence-electron chi connectivity index (χ0n) is 8.24. The number of hydrogen-bond acceptors (Lipinski definition) is 1. The number of benzene rings is 1. The molecule has 0 spiro atoms. The summed E-state index contributed by atoms with van der Waals surface area (Å²) in [7, 11) is 0. The topological polar surface area (TPSA) is 26.0 Å². The SMILES string of the molecule is C=C/C=C(\C=C)Cc1ccccc1N. The van der Waals surface area contributed by atoms with Gasteiger partial charge in [0.2, 0.25) is 0 Å². The molecule has 1 heteroatoms. The van der Waals surface area contributed by atoms with E-state index in [9.17, 15) is 0 Å². The van der Waals surface area contributed by atoms with Gasteiger partial charge >= 0.3 is 0 Å². The van der Waals surface area contributed by atoms with Gasteiger partial charge in [-0.2, -0.15) is 0 Å². The van der Waals surface area contributed by atoms with Gasteiger partial charge in [-0.1, -0.05) is 49.6 Å². The zero-order chi connectivity index (χ0) is 10.4. The monoisotopic (exact) mass is 185 g/mol. The molecule has 0 aliphatic heterocycles. The van der Waals surface area contributed by atoms with Gasteiger partial charge in [0.15, 0.2) is 0 Å². The van der Waals surface area contributed by atoms with E-state index in [1.807, 2.05) is 36.4 Å². The summed E-state index contributed by atoms with van der Waals surface area (Å²) >= 11 is 0. The van der Waals surface area contributed by atoms with Crippen molar-refractivity contribution in [2.24, 2.45) is 0 Å². The van der Waals surface area contributed by atoms with Crippen LogP contribution in [-0.2, 0) is 6.42 Å². The second-order valence-electron chi connectivity index (χ2n) is 3.06. The van der Waals surface area contributed by atoms with Crippen molar-refractivity contribution in [3.8, 4) is 0 Å². The van der Waals surface area contributed by atoms with Crippen LogP contribution in [0.25, 0.3) is 0 Å². The molecule has 0 radical (unpaired) electrons. The molecule has 1 aromatic rings. The lowest BCUT2D eigenvalue weighted by Crippen LogP contribution is -1.94. The number of anilines is 1. The Labute approximate surface area is 85.3 Å². The average molecular weight is 185 g/mol. The van der Waals surface area contributed by atoms with E-state index in [1.54, 1.807) is 6.08 Å². The number of nitrogens with two attached hydrogens (primary N) is 1. The molecule has 1 nitrogen and oxygen atoms in total. The molecule has 0 aromatic heterocycles. The number of hydrogen-bond donors (Lipinski definition) is 1. The highest BCUT2D eigenvalue weighted by atomic mass is 14.6. The van der Waals surface area contributed by atoms with Crippen molar-refractivity contribution in [1.82, 2.24) is 0 Å². The number of rotatable bonds is 4. The summed E-state index contributed by atoms with van der Waals surface area (Å²) in [6.07, 6.45) is 6.34. The molecule has 14 heavy (non-hydrogen) atoms. The molecule has 2 N–H and O–H groups in total. The molecular formula is C13H15N. The third kappa shape index (κ3) is 2.63. The summed E-state index contributed by atoms with van der Waals surface area (Å²) in [6, 6.07) is 7.85. The molecule has 1 rings (SSSR count). The standard InChI is InChI=1S/C13H15N/c1-3-7-11(4-2)10-12-8-5-6-9-13(12)14/h3-9H,1-2,10,14H2/b11-7+. The van der Waals surface area contributed by atoms with Crippen LogP contribution in [0.2, 0.25) is 0 Å². The zero-order valence-corrected chi connectivity index (χ0v) is 8.24. The van der Waals surface area contributed by atoms with Gasteiger partial charge in [-0.25, -0.2) is 0 Å². The van der Waals surface area contributed by atoms with E-state index in [2.05, 4.69) is 13.2 Å². The van der Waals surface area contributed by atoms with Crippen LogP contribution in [0.4, 0.5) is 5.69 Å². The van der Waals surface area contributed by atoms with Gasteiger partial charge in [0.25, 0.3) is 0 Å². The Kier molecular flexibility index (Phi) is 3.74. The predicted octanol–water partition coefficient (Wildman–Crippen LogP) is 3.11. The second-order valence-corrected chi connectivity index (χ2v) is 3.06. The number of para-hydroxylation sites is 1. The van der Waals surface area contributed by atoms with E-state index < -0.39 is 0 Å². The van der Waals surface area contributed by atoms with Crippen LogP contribution in [0, 0.1) is 0 Å². The highest BCUT2D eigenvalue weighted by Crippen LogP contribution is 2.15. The quantitative estimate of drug-likeness (QED) is 0.566. The van der Waals surface area contributed by atoms with Crippen molar-refractivity contribution < 1.29 is 0 Å². The fraction of sp³-hybridized carbons (Fsp3) is 0.0769. The Morgan fingerprint density at radius 1 is 1.29 bits per heavy atom. The third-order valence-electron chi connectivity index (χ3n) is 2.04. The summed E-state index contributed by atoms with van der Waals surface area (Å²) in [4.78, 5) is 0. The Morgan fingerprint density at radius 2 is 2.00 bits per heavy atom. The first-order valence-corrected chi connectivity index (χ1v) is 4.55. The van der Waals surface area contributed by atoms with E-state index in [-0.39, 0.29) is 0 Å². The lowest BCUT2D eigenvalue weighted by atomic mass is 10.0. The van der Waals surface area contributed by atoms with Crippen molar-refractivity contribution in [1.29, 1.82) is 0 Å². The lowest BCUT2D eigenvalue weighted by Gasteiger charge is -2.05. The van der Waals surface area contributed by atoms with Crippen molar-refractivity contribution in [3.63, 3.8) is 0 Å². The smallest absolute Gasteiger partial charge is 0.0349 e. The summed E-state index contributed by atoms with van der Waals surface area (Å²) in [6.45, 7) is 7.41. The van der Waals surface area contributed by atoms with Gasteiger partial charge in [0.05, 0.1) is 0 Å². The van der Waals surface area contributed by atoms with E-state index in [1.165, 1.54) is 0 Å². The Bertz CT molecular complexity index is 361. The van der Waals surface area contributed by atoms with E-state index in [4.69, 9.17) is 5.73 Å². The summed E-state index contributed by atoms with van der Waals surface area (Å²) in [5.74, 6) is 0. The number of allylic oxidation sites excluding steroid dienone is 4. The maximum absolute atomic E-state index is 5.83. The highest BCUT2D eigenvalue weighted by Gasteiger charge is 1.98. The van der Waals surface area contributed by atoms with Crippen LogP contribution in [0.15, 0.2) is 61.2 Å². The molecule has 0 atom stereocenters. The molecular weight excluding hydrogens is 170 g/mol. The molecule has 0 unspecified atom stereocenters. The van der Waals surface area contributed by atoms with Gasteiger partial charge in [0, 0.05) is 5.69 Å². The molecule has 0 saturated heterocycles. The van der Waals surface area contributed by atoms with Crippen molar-refractivity contribution >= 4 is 5.69 Å². The Balaban J connectivity index is 2.87. The van der Waals surface area contributed by atoms with Gasteiger partial charge < -0.3 is 5.73 Å². The summed E-state index contributed by atoms with van der Waals surface area (Å²) < 4.78 is 0. The van der Waals surface area contributed by atoms with Crippen LogP contribution < -0.4 is 5.73 Å². The Hall–Kier alpha value is -1.76. The largest absolute Gasteiger partial charge is 0.398 e. The van der Waals surface area contributed by atoms with Gasteiger partial charge in [-0.15, -0.1) is 0 Å². The molecule has 1 aromatic carbocycles. The van der Waals surface area contributed by atoms with E-state index >= 15 is 0 Å². The number of nitrogen functional groups attached to an aromatic ring is 1. The maximum Gasteiger partial charge on any atom is 0.0349 e. The lowest BCUT2D eigenvalue weighted by molar-refractivity contribution is 1.20. The van der Waals surface area contributed by atoms with Crippen LogP contribution in [0.3, 0.4) is 0 Å². The minimum absolute atomic E-state index is 0.808. The fourth-order valence-corrected chi connectivity index (χ4v) is 1.27. The molecule has 0 aliphatic carbocycles. The minimum atomic E-state index is 0.808. The first-order valence-electron chi connectivity index (χ1n) is 4.55. The summed E-state index contributed by atoms with van der Waals surface area (Å²) in [5, 5.41) is 0. The third-order valence-corrected chi connectivity index (χ3v) is 2.04. The molecule has 0 amide bonds. The van der Waals surface area contributed by atoms with Crippen molar-refractivity contribution in [2.45, 2.75) is 6.42 Å². The average Bonchev–Trinajstić information content (AvgIpc) is 2.20. The van der Waals surface area contributed by atoms with Crippen LogP contribution >= 0.6 is 0 Å². The van der Waals surface area contributed by atoms with Crippen molar-refractivity contribution in [3.05, 3.63) is 66.8 Å². The first-order chi connectivity index (χ1) is 6.77. The summed E-state index contributed by atoms with van der Waals surface area (Å²) in [5.41, 5.74) is 8.90. The normalized spacial score (nSPS) is 11.0. The first kappa shape index (κ1) is 10.3. The molecule has 0 saturated carbocycles. The molecule has 0 bridgehead atoms. The predicted molar refractivity (Wildman–Crippen MR) is 63.0 cm³/mol.